The molecule has 1 N–H and O–H groups in total. The Morgan fingerprint density at radius 3 is 2.67 bits per heavy atom. The van der Waals surface area contributed by atoms with Crippen molar-refractivity contribution in [2.45, 2.75) is 17.9 Å². The normalized spacial score (nSPS) is 12.3. The van der Waals surface area contributed by atoms with Gasteiger partial charge in [-0.2, -0.15) is 0 Å². The maximum absolute atomic E-state index is 4.22. The minimum atomic E-state index is 0.337. The lowest BCUT2D eigenvalue weighted by molar-refractivity contribution is 0.655. The molecule has 1 aromatic heterocycles. The Hall–Kier alpha value is -1.32. The van der Waals surface area contributed by atoms with Crippen LogP contribution in [0, 0.1) is 6.92 Å². The molecule has 1 unspecified atom stereocenters. The van der Waals surface area contributed by atoms with E-state index in [0.717, 1.165) is 5.75 Å². The summed E-state index contributed by atoms with van der Waals surface area (Å²) in [6.45, 7) is 2.13. The maximum Gasteiger partial charge on any atom is 0.0430 e. The van der Waals surface area contributed by atoms with E-state index in [4.69, 9.17) is 0 Å². The van der Waals surface area contributed by atoms with Crippen LogP contribution in [-0.2, 0) is 0 Å². The summed E-state index contributed by atoms with van der Waals surface area (Å²) in [6.07, 6.45) is 3.80. The van der Waals surface area contributed by atoms with Crippen LogP contribution < -0.4 is 5.32 Å². The van der Waals surface area contributed by atoms with Crippen LogP contribution in [0.4, 0.5) is 0 Å². The SMILES string of the molecule is CNC(CSc1ccccc1)c1cnccc1C. The predicted octanol–water partition coefficient (Wildman–Crippen LogP) is 3.44. The first-order chi connectivity index (χ1) is 8.81. The van der Waals surface area contributed by atoms with Crippen LogP contribution in [-0.4, -0.2) is 17.8 Å². The molecule has 2 nitrogen and oxygen atoms in total. The summed E-state index contributed by atoms with van der Waals surface area (Å²) in [5.41, 5.74) is 2.57. The summed E-state index contributed by atoms with van der Waals surface area (Å²) < 4.78 is 0. The van der Waals surface area contributed by atoms with Gasteiger partial charge in [0.1, 0.15) is 0 Å². The van der Waals surface area contributed by atoms with Gasteiger partial charge in [0.05, 0.1) is 0 Å². The van der Waals surface area contributed by atoms with Crippen LogP contribution in [0.5, 0.6) is 0 Å². The fraction of sp³-hybridized carbons (Fsp3) is 0.267. The summed E-state index contributed by atoms with van der Waals surface area (Å²) in [7, 11) is 2.00. The van der Waals surface area contributed by atoms with Crippen LogP contribution in [0.1, 0.15) is 17.2 Å². The number of nitrogens with one attached hydrogen (secondary N) is 1. The van der Waals surface area contributed by atoms with Gasteiger partial charge in [-0.15, -0.1) is 11.8 Å². The highest BCUT2D eigenvalue weighted by Gasteiger charge is 2.12. The molecule has 0 saturated heterocycles. The first-order valence-electron chi connectivity index (χ1n) is 6.07. The van der Waals surface area contributed by atoms with Gasteiger partial charge in [-0.25, -0.2) is 0 Å². The average Bonchev–Trinajstić information content (AvgIpc) is 2.42. The van der Waals surface area contributed by atoms with E-state index in [2.05, 4.69) is 47.6 Å². The van der Waals surface area contributed by atoms with Crippen molar-refractivity contribution in [3.05, 3.63) is 59.9 Å². The zero-order valence-electron chi connectivity index (χ0n) is 10.8. The number of hydrogen-bond donors (Lipinski definition) is 1. The number of hydrogen-bond acceptors (Lipinski definition) is 3. The van der Waals surface area contributed by atoms with Crippen LogP contribution in [0.2, 0.25) is 0 Å². The topological polar surface area (TPSA) is 24.9 Å². The molecule has 2 rings (SSSR count). The fourth-order valence-electron chi connectivity index (χ4n) is 1.87. The van der Waals surface area contributed by atoms with E-state index in [9.17, 15) is 0 Å². The van der Waals surface area contributed by atoms with Crippen molar-refractivity contribution < 1.29 is 0 Å². The summed E-state index contributed by atoms with van der Waals surface area (Å²) in [6, 6.07) is 12.9. The Bertz CT molecular complexity index is 485. The van der Waals surface area contributed by atoms with Crippen molar-refractivity contribution in [1.82, 2.24) is 10.3 Å². The molecule has 1 aromatic carbocycles. The zero-order chi connectivity index (χ0) is 12.8. The third kappa shape index (κ3) is 3.34. The number of thioether (sulfide) groups is 1. The number of aromatic nitrogens is 1. The lowest BCUT2D eigenvalue weighted by Gasteiger charge is -2.17. The Morgan fingerprint density at radius 1 is 1.22 bits per heavy atom. The van der Waals surface area contributed by atoms with Crippen LogP contribution >= 0.6 is 11.8 Å². The molecule has 0 amide bonds. The summed E-state index contributed by atoms with van der Waals surface area (Å²) in [4.78, 5) is 5.52. The highest BCUT2D eigenvalue weighted by molar-refractivity contribution is 7.99. The van der Waals surface area contributed by atoms with Gasteiger partial charge < -0.3 is 5.32 Å². The third-order valence-electron chi connectivity index (χ3n) is 2.96. The van der Waals surface area contributed by atoms with Crippen LogP contribution in [0.25, 0.3) is 0 Å². The number of pyridine rings is 1. The molecule has 1 heterocycles. The van der Waals surface area contributed by atoms with Crippen LogP contribution in [0.3, 0.4) is 0 Å². The van der Waals surface area contributed by atoms with Crippen molar-refractivity contribution >= 4 is 11.8 Å². The standard InChI is InChI=1S/C15H18N2S/c1-12-8-9-17-10-14(12)15(16-2)11-18-13-6-4-3-5-7-13/h3-10,15-16H,11H2,1-2H3. The molecule has 18 heavy (non-hydrogen) atoms. The minimum absolute atomic E-state index is 0.337. The highest BCUT2D eigenvalue weighted by Crippen LogP contribution is 2.25. The molecular weight excluding hydrogens is 240 g/mol. The van der Waals surface area contributed by atoms with E-state index in [0.29, 0.717) is 6.04 Å². The number of aryl methyl sites for hydroxylation is 1. The highest BCUT2D eigenvalue weighted by atomic mass is 32.2. The second-order valence-electron chi connectivity index (χ2n) is 4.20. The van der Waals surface area contributed by atoms with E-state index >= 15 is 0 Å². The molecule has 1 atom stereocenters. The predicted molar refractivity (Wildman–Crippen MR) is 77.9 cm³/mol. The van der Waals surface area contributed by atoms with E-state index in [1.807, 2.05) is 37.3 Å². The second kappa shape index (κ2) is 6.57. The number of benzene rings is 1. The summed E-state index contributed by atoms with van der Waals surface area (Å²) in [5, 5.41) is 3.37. The molecule has 0 saturated carbocycles. The Balaban J connectivity index is 2.04. The second-order valence-corrected chi connectivity index (χ2v) is 5.29. The van der Waals surface area contributed by atoms with Gasteiger partial charge in [0, 0.05) is 29.1 Å². The zero-order valence-corrected chi connectivity index (χ0v) is 11.6. The van der Waals surface area contributed by atoms with Crippen molar-refractivity contribution in [1.29, 1.82) is 0 Å². The van der Waals surface area contributed by atoms with Crippen molar-refractivity contribution in [2.75, 3.05) is 12.8 Å². The Morgan fingerprint density at radius 2 is 2.00 bits per heavy atom. The lowest BCUT2D eigenvalue weighted by atomic mass is 10.1. The van der Waals surface area contributed by atoms with Gasteiger partial charge in [-0.1, -0.05) is 18.2 Å². The molecule has 2 aromatic rings. The Kier molecular flexibility index (Phi) is 4.79. The molecule has 0 fully saturated rings. The molecule has 94 valence electrons. The van der Waals surface area contributed by atoms with Gasteiger partial charge in [0.2, 0.25) is 0 Å². The Labute approximate surface area is 113 Å². The molecule has 0 aliphatic carbocycles. The van der Waals surface area contributed by atoms with Gasteiger partial charge >= 0.3 is 0 Å². The van der Waals surface area contributed by atoms with Gasteiger partial charge in [0.15, 0.2) is 0 Å². The molecule has 0 spiro atoms. The van der Waals surface area contributed by atoms with E-state index < -0.39 is 0 Å². The van der Waals surface area contributed by atoms with E-state index in [-0.39, 0.29) is 0 Å². The number of nitrogens with zero attached hydrogens (tertiary/aromatic N) is 1. The third-order valence-corrected chi connectivity index (χ3v) is 4.07. The largest absolute Gasteiger partial charge is 0.312 e. The summed E-state index contributed by atoms with van der Waals surface area (Å²) >= 11 is 1.87. The molecule has 0 bridgehead atoms. The summed E-state index contributed by atoms with van der Waals surface area (Å²) in [5.74, 6) is 1.01. The molecule has 0 radical (unpaired) electrons. The quantitative estimate of drug-likeness (QED) is 0.832. The first-order valence-corrected chi connectivity index (χ1v) is 7.05. The monoisotopic (exact) mass is 258 g/mol. The minimum Gasteiger partial charge on any atom is -0.312 e. The van der Waals surface area contributed by atoms with Crippen LogP contribution in [0.15, 0.2) is 53.7 Å². The maximum atomic E-state index is 4.22. The van der Waals surface area contributed by atoms with Gasteiger partial charge in [-0.05, 0) is 43.3 Å². The van der Waals surface area contributed by atoms with Crippen molar-refractivity contribution in [3.8, 4) is 0 Å². The van der Waals surface area contributed by atoms with Gasteiger partial charge in [0.25, 0.3) is 0 Å². The van der Waals surface area contributed by atoms with Crippen molar-refractivity contribution in [3.63, 3.8) is 0 Å². The average molecular weight is 258 g/mol. The van der Waals surface area contributed by atoms with Crippen molar-refractivity contribution in [2.24, 2.45) is 0 Å². The molecule has 3 heteroatoms. The number of rotatable bonds is 5. The smallest absolute Gasteiger partial charge is 0.0430 e. The first kappa shape index (κ1) is 13.1. The van der Waals surface area contributed by atoms with Gasteiger partial charge in [-0.3, -0.25) is 4.98 Å². The van der Waals surface area contributed by atoms with E-state index in [1.165, 1.54) is 16.0 Å². The molecular formula is C15H18N2S. The molecule has 0 aliphatic heterocycles. The fourth-order valence-corrected chi connectivity index (χ4v) is 2.92. The lowest BCUT2D eigenvalue weighted by Crippen LogP contribution is -2.19. The van der Waals surface area contributed by atoms with E-state index in [1.54, 1.807) is 0 Å². The molecule has 0 aliphatic rings.